The molecule has 1 aromatic carbocycles. The van der Waals surface area contributed by atoms with E-state index < -0.39 is 5.97 Å². The molecule has 0 saturated carbocycles. The van der Waals surface area contributed by atoms with E-state index in [-0.39, 0.29) is 36.1 Å². The molecule has 0 aromatic heterocycles. The monoisotopic (exact) mass is 503 g/mol. The Morgan fingerprint density at radius 2 is 2.00 bits per heavy atom. The molecule has 3 N–H and O–H groups in total. The fraction of sp³-hybridized carbons (Fsp3) is 0.385. The molecule has 7 heteroatoms. The predicted molar refractivity (Wildman–Crippen MR) is 91.9 cm³/mol. The normalized spacial score (nSPS) is 11.9. The van der Waals surface area contributed by atoms with Crippen LogP contribution in [-0.2, 0) is 4.79 Å². The van der Waals surface area contributed by atoms with E-state index in [0.29, 0.717) is 9.99 Å². The van der Waals surface area contributed by atoms with Crippen molar-refractivity contribution >= 4 is 57.1 Å². The van der Waals surface area contributed by atoms with E-state index in [9.17, 15) is 14.7 Å². The molecule has 0 heterocycles. The zero-order valence-corrected chi connectivity index (χ0v) is 15.1. The molecule has 1 aromatic rings. The van der Waals surface area contributed by atoms with Gasteiger partial charge in [0, 0.05) is 16.5 Å². The fourth-order valence-electron chi connectivity index (χ4n) is 1.68. The first kappa shape index (κ1) is 17.5. The van der Waals surface area contributed by atoms with Crippen LogP contribution in [0.3, 0.4) is 0 Å². The van der Waals surface area contributed by atoms with Gasteiger partial charge in [-0.05, 0) is 63.2 Å². The lowest BCUT2D eigenvalue weighted by molar-refractivity contribution is -0.138. The molecule has 1 rings (SSSR count). The summed E-state index contributed by atoms with van der Waals surface area (Å²) in [6.45, 7) is 2.16. The average molecular weight is 503 g/mol. The van der Waals surface area contributed by atoms with Gasteiger partial charge in [-0.1, -0.05) is 13.3 Å². The van der Waals surface area contributed by atoms with E-state index in [2.05, 4.69) is 27.9 Å². The van der Waals surface area contributed by atoms with E-state index >= 15 is 0 Å². The largest absolute Gasteiger partial charge is 0.506 e. The van der Waals surface area contributed by atoms with Gasteiger partial charge in [0.2, 0.25) is 0 Å². The quantitative estimate of drug-likeness (QED) is 0.522. The summed E-state index contributed by atoms with van der Waals surface area (Å²) < 4.78 is 1.46. The van der Waals surface area contributed by atoms with Crippen LogP contribution in [0.5, 0.6) is 5.75 Å². The number of carboxylic acid groups (broad SMARTS) is 1. The summed E-state index contributed by atoms with van der Waals surface area (Å²) in [5.74, 6) is -1.42. The molecule has 0 spiro atoms. The first-order chi connectivity index (χ1) is 9.35. The topological polar surface area (TPSA) is 86.6 Å². The van der Waals surface area contributed by atoms with E-state index in [1.165, 1.54) is 0 Å². The van der Waals surface area contributed by atoms with Gasteiger partial charge in [0.15, 0.2) is 0 Å². The minimum atomic E-state index is -0.877. The number of halogens is 2. The van der Waals surface area contributed by atoms with Gasteiger partial charge in [0.05, 0.1) is 9.13 Å². The molecule has 1 amide bonds. The van der Waals surface area contributed by atoms with Crippen LogP contribution in [0, 0.1) is 13.1 Å². The molecule has 1 unspecified atom stereocenters. The van der Waals surface area contributed by atoms with Crippen LogP contribution in [-0.4, -0.2) is 28.6 Å². The number of aromatic hydroxyl groups is 1. The van der Waals surface area contributed by atoms with Gasteiger partial charge in [-0.2, -0.15) is 0 Å². The number of phenolic OH excluding ortho intramolecular Hbond substituents is 1. The summed E-state index contributed by atoms with van der Waals surface area (Å²) >= 11 is 4.03. The second-order valence-corrected chi connectivity index (χ2v) is 6.77. The summed E-state index contributed by atoms with van der Waals surface area (Å²) in [6, 6.07) is 3.37. The number of carbonyl (C=O) groups is 2. The maximum Gasteiger partial charge on any atom is 0.303 e. The van der Waals surface area contributed by atoms with Crippen molar-refractivity contribution in [2.45, 2.75) is 19.8 Å². The highest BCUT2D eigenvalue weighted by molar-refractivity contribution is 14.1. The van der Waals surface area contributed by atoms with Gasteiger partial charge in [-0.25, -0.2) is 0 Å². The number of carboxylic acids is 1. The zero-order chi connectivity index (χ0) is 15.3. The molecule has 0 radical (unpaired) electrons. The van der Waals surface area contributed by atoms with Crippen LogP contribution in [0.15, 0.2) is 12.1 Å². The SMILES string of the molecule is CCC(CNC(=O)c1cc(I)cc(I)c1O)CC(=O)O. The number of rotatable bonds is 6. The zero-order valence-electron chi connectivity index (χ0n) is 10.8. The van der Waals surface area contributed by atoms with Crippen LogP contribution < -0.4 is 5.32 Å². The number of hydrogen-bond donors (Lipinski definition) is 3. The van der Waals surface area contributed by atoms with Crippen molar-refractivity contribution in [3.05, 3.63) is 24.8 Å². The highest BCUT2D eigenvalue weighted by Crippen LogP contribution is 2.26. The van der Waals surface area contributed by atoms with Crippen molar-refractivity contribution in [1.29, 1.82) is 0 Å². The van der Waals surface area contributed by atoms with Crippen LogP contribution in [0.2, 0.25) is 0 Å². The van der Waals surface area contributed by atoms with Crippen LogP contribution in [0.4, 0.5) is 0 Å². The number of aliphatic carboxylic acids is 1. The summed E-state index contributed by atoms with van der Waals surface area (Å²) in [4.78, 5) is 22.7. The Kier molecular flexibility index (Phi) is 7.00. The lowest BCUT2D eigenvalue weighted by Crippen LogP contribution is -2.30. The van der Waals surface area contributed by atoms with E-state index in [0.717, 1.165) is 3.57 Å². The predicted octanol–water partition coefficient (Wildman–Crippen LogP) is 2.83. The number of carbonyl (C=O) groups excluding carboxylic acids is 1. The van der Waals surface area contributed by atoms with Gasteiger partial charge in [0.25, 0.3) is 5.91 Å². The smallest absolute Gasteiger partial charge is 0.303 e. The molecule has 0 aliphatic heterocycles. The number of phenols is 1. The second kappa shape index (κ2) is 8.01. The first-order valence-corrected chi connectivity index (χ1v) is 8.18. The molecule has 110 valence electrons. The van der Waals surface area contributed by atoms with Crippen molar-refractivity contribution in [3.8, 4) is 5.75 Å². The number of amides is 1. The number of benzene rings is 1. The van der Waals surface area contributed by atoms with Crippen molar-refractivity contribution in [2.75, 3.05) is 6.54 Å². The van der Waals surface area contributed by atoms with Crippen molar-refractivity contribution in [3.63, 3.8) is 0 Å². The van der Waals surface area contributed by atoms with Crippen LogP contribution >= 0.6 is 45.2 Å². The van der Waals surface area contributed by atoms with Gasteiger partial charge in [-0.3, -0.25) is 9.59 Å². The van der Waals surface area contributed by atoms with E-state index in [4.69, 9.17) is 5.11 Å². The Labute approximate surface area is 144 Å². The molecule has 0 aliphatic carbocycles. The molecule has 5 nitrogen and oxygen atoms in total. The Bertz CT molecular complexity index is 519. The Balaban J connectivity index is 2.74. The molecule has 20 heavy (non-hydrogen) atoms. The molecule has 0 bridgehead atoms. The van der Waals surface area contributed by atoms with Gasteiger partial charge in [0.1, 0.15) is 5.75 Å². The standard InChI is InChI=1S/C13H15I2NO4/c1-2-7(3-11(17)18)6-16-13(20)9-4-8(14)5-10(15)12(9)19/h4-5,7,19H,2-3,6H2,1H3,(H,16,20)(H,17,18). The molecule has 0 fully saturated rings. The van der Waals surface area contributed by atoms with Gasteiger partial charge < -0.3 is 15.5 Å². The Hall–Kier alpha value is -0.580. The molecule has 0 aliphatic rings. The number of hydrogen-bond acceptors (Lipinski definition) is 3. The fourth-order valence-corrected chi connectivity index (χ4v) is 3.52. The third-order valence-corrected chi connectivity index (χ3v) is 4.31. The third-order valence-electron chi connectivity index (χ3n) is 2.86. The lowest BCUT2D eigenvalue weighted by Gasteiger charge is -2.14. The highest BCUT2D eigenvalue weighted by Gasteiger charge is 2.17. The maximum absolute atomic E-state index is 12.1. The van der Waals surface area contributed by atoms with Crippen molar-refractivity contribution in [2.24, 2.45) is 5.92 Å². The summed E-state index contributed by atoms with van der Waals surface area (Å²) in [5.41, 5.74) is 0.214. The van der Waals surface area contributed by atoms with E-state index in [1.54, 1.807) is 12.1 Å². The van der Waals surface area contributed by atoms with Gasteiger partial charge >= 0.3 is 5.97 Å². The minimum absolute atomic E-state index is 0.0205. The minimum Gasteiger partial charge on any atom is -0.506 e. The number of nitrogens with one attached hydrogen (secondary N) is 1. The maximum atomic E-state index is 12.1. The molecule has 1 atom stereocenters. The Morgan fingerprint density at radius 1 is 1.35 bits per heavy atom. The van der Waals surface area contributed by atoms with Gasteiger partial charge in [-0.15, -0.1) is 0 Å². The molecular weight excluding hydrogens is 488 g/mol. The summed E-state index contributed by atoms with van der Waals surface area (Å²) in [6.07, 6.45) is 0.690. The van der Waals surface area contributed by atoms with E-state index in [1.807, 2.05) is 29.5 Å². The van der Waals surface area contributed by atoms with Crippen LogP contribution in [0.25, 0.3) is 0 Å². The molecular formula is C13H15I2NO4. The average Bonchev–Trinajstić information content (AvgIpc) is 2.37. The lowest BCUT2D eigenvalue weighted by atomic mass is 10.0. The Morgan fingerprint density at radius 3 is 2.55 bits per heavy atom. The first-order valence-electron chi connectivity index (χ1n) is 6.03. The molecule has 0 saturated heterocycles. The highest BCUT2D eigenvalue weighted by atomic mass is 127. The van der Waals surface area contributed by atoms with Crippen molar-refractivity contribution in [1.82, 2.24) is 5.32 Å². The van der Waals surface area contributed by atoms with Crippen LogP contribution in [0.1, 0.15) is 30.1 Å². The summed E-state index contributed by atoms with van der Waals surface area (Å²) in [5, 5.41) is 21.3. The summed E-state index contributed by atoms with van der Waals surface area (Å²) in [7, 11) is 0. The van der Waals surface area contributed by atoms with Crippen molar-refractivity contribution < 1.29 is 19.8 Å². The third kappa shape index (κ3) is 5.08. The second-order valence-electron chi connectivity index (χ2n) is 4.37.